The third-order valence-corrected chi connectivity index (χ3v) is 3.23. The minimum atomic E-state index is -1.05. The Kier molecular flexibility index (Phi) is 4.42. The van der Waals surface area contributed by atoms with Gasteiger partial charge in [-0.15, -0.1) is 0 Å². The molecule has 0 bridgehead atoms. The number of aromatic nitrogens is 4. The van der Waals surface area contributed by atoms with E-state index in [4.69, 9.17) is 4.74 Å². The van der Waals surface area contributed by atoms with E-state index in [9.17, 15) is 9.90 Å². The fraction of sp³-hybridized carbons (Fsp3) is 0.118. The van der Waals surface area contributed by atoms with E-state index >= 15 is 0 Å². The summed E-state index contributed by atoms with van der Waals surface area (Å²) in [7, 11) is 0. The molecule has 7 nitrogen and oxygen atoms in total. The molecule has 0 saturated heterocycles. The molecule has 0 aliphatic rings. The van der Waals surface area contributed by atoms with Crippen LogP contribution in [0.15, 0.2) is 48.9 Å². The van der Waals surface area contributed by atoms with Gasteiger partial charge in [0.25, 0.3) is 0 Å². The molecular formula is C17H14N4O3. The van der Waals surface area contributed by atoms with Crippen molar-refractivity contribution in [2.45, 2.75) is 6.92 Å². The smallest absolute Gasteiger partial charge is 0.339 e. The van der Waals surface area contributed by atoms with Gasteiger partial charge in [-0.05, 0) is 37.3 Å². The van der Waals surface area contributed by atoms with Crippen LogP contribution in [0.4, 0.5) is 0 Å². The van der Waals surface area contributed by atoms with Crippen molar-refractivity contribution in [2.24, 2.45) is 0 Å². The van der Waals surface area contributed by atoms with Gasteiger partial charge in [0.1, 0.15) is 11.3 Å². The molecule has 0 amide bonds. The van der Waals surface area contributed by atoms with E-state index in [1.165, 1.54) is 6.07 Å². The van der Waals surface area contributed by atoms with E-state index in [1.807, 2.05) is 0 Å². The minimum Gasteiger partial charge on any atom is -0.493 e. The zero-order chi connectivity index (χ0) is 16.9. The first kappa shape index (κ1) is 15.5. The van der Waals surface area contributed by atoms with Crippen LogP contribution in [0.3, 0.4) is 0 Å². The highest BCUT2D eigenvalue weighted by atomic mass is 16.5. The molecule has 0 saturated carbocycles. The molecule has 0 spiro atoms. The summed E-state index contributed by atoms with van der Waals surface area (Å²) >= 11 is 0. The number of rotatable bonds is 5. The molecule has 0 radical (unpaired) electrons. The molecule has 1 N–H and O–H groups in total. The van der Waals surface area contributed by atoms with Crippen LogP contribution in [0, 0.1) is 0 Å². The predicted octanol–water partition coefficient (Wildman–Crippen LogP) is 2.70. The molecular weight excluding hydrogens is 308 g/mol. The second-order valence-electron chi connectivity index (χ2n) is 4.79. The van der Waals surface area contributed by atoms with Gasteiger partial charge in [0.05, 0.1) is 12.3 Å². The van der Waals surface area contributed by atoms with Crippen molar-refractivity contribution in [3.05, 3.63) is 54.5 Å². The molecule has 24 heavy (non-hydrogen) atoms. The van der Waals surface area contributed by atoms with E-state index in [-0.39, 0.29) is 5.56 Å². The van der Waals surface area contributed by atoms with E-state index in [1.54, 1.807) is 49.8 Å². The Morgan fingerprint density at radius 3 is 2.54 bits per heavy atom. The third-order valence-electron chi connectivity index (χ3n) is 3.23. The van der Waals surface area contributed by atoms with E-state index in [0.29, 0.717) is 35.3 Å². The number of hydrogen-bond donors (Lipinski definition) is 1. The molecule has 2 heterocycles. The molecule has 7 heteroatoms. The maximum Gasteiger partial charge on any atom is 0.339 e. The van der Waals surface area contributed by atoms with Crippen LogP contribution in [0.1, 0.15) is 17.3 Å². The van der Waals surface area contributed by atoms with Gasteiger partial charge in [-0.1, -0.05) is 0 Å². The van der Waals surface area contributed by atoms with Crippen molar-refractivity contribution in [1.82, 2.24) is 19.9 Å². The van der Waals surface area contributed by atoms with Crippen LogP contribution in [0.5, 0.6) is 5.75 Å². The number of benzene rings is 1. The monoisotopic (exact) mass is 322 g/mol. The Hall–Kier alpha value is -3.35. The summed E-state index contributed by atoms with van der Waals surface area (Å²) in [6.07, 6.45) is 4.81. The Balaban J connectivity index is 2.03. The first-order valence-electron chi connectivity index (χ1n) is 7.30. The lowest BCUT2D eigenvalue weighted by atomic mass is 10.1. The molecule has 3 rings (SSSR count). The number of aromatic carboxylic acids is 1. The quantitative estimate of drug-likeness (QED) is 0.771. The number of carboxylic acids is 1. The molecule has 0 unspecified atom stereocenters. The van der Waals surface area contributed by atoms with E-state index in [0.717, 1.165) is 0 Å². The molecule has 0 aliphatic heterocycles. The van der Waals surface area contributed by atoms with Gasteiger partial charge in [-0.3, -0.25) is 0 Å². The average molecular weight is 322 g/mol. The summed E-state index contributed by atoms with van der Waals surface area (Å²) in [4.78, 5) is 28.3. The second kappa shape index (κ2) is 6.82. The van der Waals surface area contributed by atoms with Crippen LogP contribution < -0.4 is 4.74 Å². The molecule has 2 aromatic heterocycles. The topological polar surface area (TPSA) is 98.1 Å². The highest BCUT2D eigenvalue weighted by Gasteiger charge is 2.14. The zero-order valence-electron chi connectivity index (χ0n) is 12.9. The Morgan fingerprint density at radius 1 is 1.08 bits per heavy atom. The second-order valence-corrected chi connectivity index (χ2v) is 4.79. The van der Waals surface area contributed by atoms with Crippen LogP contribution >= 0.6 is 0 Å². The van der Waals surface area contributed by atoms with Gasteiger partial charge >= 0.3 is 5.97 Å². The normalized spacial score (nSPS) is 10.4. The highest BCUT2D eigenvalue weighted by Crippen LogP contribution is 2.26. The van der Waals surface area contributed by atoms with Crippen molar-refractivity contribution in [3.63, 3.8) is 0 Å². The Labute approximate surface area is 138 Å². The summed E-state index contributed by atoms with van der Waals surface area (Å²) in [5.41, 5.74) is 1.32. The SMILES string of the molecule is CCOc1ccc(-c2ccnc(-c3ncccn3)n2)cc1C(=O)O. The summed E-state index contributed by atoms with van der Waals surface area (Å²) < 4.78 is 5.35. The molecule has 0 fully saturated rings. The minimum absolute atomic E-state index is 0.0884. The maximum atomic E-state index is 11.4. The molecule has 1 aromatic carbocycles. The number of hydrogen-bond acceptors (Lipinski definition) is 6. The van der Waals surface area contributed by atoms with E-state index in [2.05, 4.69) is 19.9 Å². The van der Waals surface area contributed by atoms with Gasteiger partial charge < -0.3 is 9.84 Å². The number of nitrogens with zero attached hydrogens (tertiary/aromatic N) is 4. The number of carboxylic acid groups (broad SMARTS) is 1. The Morgan fingerprint density at radius 2 is 1.83 bits per heavy atom. The van der Waals surface area contributed by atoms with Gasteiger partial charge in [0.2, 0.25) is 0 Å². The molecule has 0 aliphatic carbocycles. The number of ether oxygens (including phenoxy) is 1. The van der Waals surface area contributed by atoms with Crippen LogP contribution in [0.25, 0.3) is 22.9 Å². The van der Waals surface area contributed by atoms with E-state index < -0.39 is 5.97 Å². The fourth-order valence-corrected chi connectivity index (χ4v) is 2.18. The lowest BCUT2D eigenvalue weighted by Crippen LogP contribution is -2.03. The summed E-state index contributed by atoms with van der Waals surface area (Å²) in [6.45, 7) is 2.19. The maximum absolute atomic E-state index is 11.4. The van der Waals surface area contributed by atoms with Crippen molar-refractivity contribution in [3.8, 4) is 28.7 Å². The largest absolute Gasteiger partial charge is 0.493 e. The standard InChI is InChI=1S/C17H14N4O3/c1-2-24-14-5-4-11(10-12(14)17(22)23)13-6-9-20-16(21-13)15-18-7-3-8-19-15/h3-10H,2H2,1H3,(H,22,23). The van der Waals surface area contributed by atoms with Crippen molar-refractivity contribution < 1.29 is 14.6 Å². The highest BCUT2D eigenvalue weighted by molar-refractivity contribution is 5.92. The van der Waals surface area contributed by atoms with Crippen LogP contribution in [-0.2, 0) is 0 Å². The van der Waals surface area contributed by atoms with Crippen molar-refractivity contribution in [1.29, 1.82) is 0 Å². The molecule has 3 aromatic rings. The first-order valence-corrected chi connectivity index (χ1v) is 7.30. The molecule has 0 atom stereocenters. The average Bonchev–Trinajstić information content (AvgIpc) is 2.63. The van der Waals surface area contributed by atoms with Crippen molar-refractivity contribution in [2.75, 3.05) is 6.61 Å². The summed E-state index contributed by atoms with van der Waals surface area (Å²) in [5, 5.41) is 9.36. The lowest BCUT2D eigenvalue weighted by Gasteiger charge is -2.09. The van der Waals surface area contributed by atoms with Gasteiger partial charge in [0, 0.05) is 24.2 Å². The van der Waals surface area contributed by atoms with Crippen LogP contribution in [0.2, 0.25) is 0 Å². The number of carbonyl (C=O) groups is 1. The summed E-state index contributed by atoms with van der Waals surface area (Å²) in [5.74, 6) is 0.0537. The van der Waals surface area contributed by atoms with Gasteiger partial charge in [-0.25, -0.2) is 24.7 Å². The zero-order valence-corrected chi connectivity index (χ0v) is 12.9. The third kappa shape index (κ3) is 3.19. The van der Waals surface area contributed by atoms with Crippen LogP contribution in [-0.4, -0.2) is 37.6 Å². The summed E-state index contributed by atoms with van der Waals surface area (Å²) in [6, 6.07) is 8.33. The first-order chi connectivity index (χ1) is 11.7. The lowest BCUT2D eigenvalue weighted by molar-refractivity contribution is 0.0692. The van der Waals surface area contributed by atoms with Crippen molar-refractivity contribution >= 4 is 5.97 Å². The Bertz CT molecular complexity index is 869. The van der Waals surface area contributed by atoms with Gasteiger partial charge in [0.15, 0.2) is 11.6 Å². The van der Waals surface area contributed by atoms with Gasteiger partial charge in [-0.2, -0.15) is 0 Å². The molecule has 120 valence electrons. The predicted molar refractivity (Wildman–Crippen MR) is 86.6 cm³/mol. The fourth-order valence-electron chi connectivity index (χ4n) is 2.18.